The summed E-state index contributed by atoms with van der Waals surface area (Å²) in [6.07, 6.45) is 0. The fourth-order valence-corrected chi connectivity index (χ4v) is 3.88. The van der Waals surface area contributed by atoms with Crippen LogP contribution in [0.15, 0.2) is 70.7 Å². The number of nitrogens with zero attached hydrogens (tertiary/aromatic N) is 3. The van der Waals surface area contributed by atoms with Gasteiger partial charge in [-0.25, -0.2) is 18.8 Å². The Kier molecular flexibility index (Phi) is 5.19. The average Bonchev–Trinajstić information content (AvgIpc) is 3.08. The number of hydrogen-bond acceptors (Lipinski definition) is 8. The molecule has 0 saturated heterocycles. The van der Waals surface area contributed by atoms with Crippen LogP contribution in [0, 0.1) is 6.92 Å². The van der Waals surface area contributed by atoms with Crippen LogP contribution < -0.4 is 5.43 Å². The number of hydrazone groups is 1. The molecule has 0 saturated carbocycles. The summed E-state index contributed by atoms with van der Waals surface area (Å²) in [5.41, 5.74) is 2.75. The van der Waals surface area contributed by atoms with Gasteiger partial charge in [0.2, 0.25) is 25.8 Å². The summed E-state index contributed by atoms with van der Waals surface area (Å²) >= 11 is 1.02. The van der Waals surface area contributed by atoms with Crippen molar-refractivity contribution in [1.82, 2.24) is 9.36 Å². The monoisotopic (exact) mass is 386 g/mol. The zero-order valence-corrected chi connectivity index (χ0v) is 15.3. The molecule has 0 amide bonds. The van der Waals surface area contributed by atoms with E-state index in [9.17, 15) is 13.2 Å². The van der Waals surface area contributed by atoms with Crippen LogP contribution in [0.5, 0.6) is 0 Å². The number of ketones is 1. The fraction of sp³-hybridized carbons (Fsp3) is 0.0588. The van der Waals surface area contributed by atoms with Crippen LogP contribution in [0.2, 0.25) is 0 Å². The molecule has 3 aromatic rings. The maximum Gasteiger partial charge on any atom is 0.229 e. The molecule has 0 aliphatic heterocycles. The van der Waals surface area contributed by atoms with Crippen molar-refractivity contribution in [2.24, 2.45) is 5.10 Å². The van der Waals surface area contributed by atoms with Crippen molar-refractivity contribution >= 4 is 37.3 Å². The van der Waals surface area contributed by atoms with Gasteiger partial charge in [0.1, 0.15) is 5.82 Å². The van der Waals surface area contributed by atoms with E-state index >= 15 is 0 Å². The van der Waals surface area contributed by atoms with Gasteiger partial charge in [0.25, 0.3) is 0 Å². The van der Waals surface area contributed by atoms with Crippen molar-refractivity contribution in [3.05, 3.63) is 72.1 Å². The minimum absolute atomic E-state index is 0.0155. The van der Waals surface area contributed by atoms with E-state index in [2.05, 4.69) is 19.9 Å². The first-order chi connectivity index (χ1) is 12.5. The van der Waals surface area contributed by atoms with Gasteiger partial charge in [-0.05, 0) is 19.1 Å². The molecule has 0 radical (unpaired) electrons. The lowest BCUT2D eigenvalue weighted by Gasteiger charge is -2.08. The van der Waals surface area contributed by atoms with Crippen molar-refractivity contribution in [1.29, 1.82) is 0 Å². The van der Waals surface area contributed by atoms with Crippen molar-refractivity contribution in [2.75, 3.05) is 5.43 Å². The minimum Gasteiger partial charge on any atom is -0.286 e. The second kappa shape index (κ2) is 7.54. The molecule has 9 heteroatoms. The summed E-state index contributed by atoms with van der Waals surface area (Å²) in [6.45, 7) is 1.70. The zero-order valence-electron chi connectivity index (χ0n) is 13.7. The molecule has 1 N–H and O–H groups in total. The fourth-order valence-electron chi connectivity index (χ4n) is 2.10. The predicted molar refractivity (Wildman–Crippen MR) is 100 cm³/mol. The highest BCUT2D eigenvalue weighted by molar-refractivity contribution is 8.08. The Morgan fingerprint density at radius 2 is 1.65 bits per heavy atom. The standard InChI is InChI=1S/C17H14N4O3S2/c1-12-18-17(25-21-12)20-19-16(15(22)13-8-4-2-5-9-13)26(23,24)14-10-6-3-7-11-14/h2-11H,1H3,(H,18,20,21). The van der Waals surface area contributed by atoms with Crippen LogP contribution in [-0.2, 0) is 9.84 Å². The number of nitrogens with one attached hydrogen (secondary N) is 1. The third-order valence-corrected chi connectivity index (χ3v) is 5.71. The highest BCUT2D eigenvalue weighted by Gasteiger charge is 2.30. The van der Waals surface area contributed by atoms with Crippen molar-refractivity contribution < 1.29 is 13.2 Å². The molecular weight excluding hydrogens is 372 g/mol. The highest BCUT2D eigenvalue weighted by Crippen LogP contribution is 2.17. The second-order valence-electron chi connectivity index (χ2n) is 5.19. The average molecular weight is 386 g/mol. The largest absolute Gasteiger partial charge is 0.286 e. The van der Waals surface area contributed by atoms with Crippen LogP contribution >= 0.6 is 11.5 Å². The maximum atomic E-state index is 12.9. The summed E-state index contributed by atoms with van der Waals surface area (Å²) in [5.74, 6) is -0.183. The van der Waals surface area contributed by atoms with Gasteiger partial charge in [-0.3, -0.25) is 4.79 Å². The van der Waals surface area contributed by atoms with Gasteiger partial charge in [0.15, 0.2) is 0 Å². The number of carbonyl (C=O) groups excluding carboxylic acids is 1. The Balaban J connectivity index is 2.05. The molecule has 0 aliphatic rings. The lowest BCUT2D eigenvalue weighted by atomic mass is 10.1. The van der Waals surface area contributed by atoms with Crippen LogP contribution in [0.1, 0.15) is 16.2 Å². The number of anilines is 1. The summed E-state index contributed by atoms with van der Waals surface area (Å²) in [6, 6.07) is 15.8. The van der Waals surface area contributed by atoms with Crippen LogP contribution in [0.25, 0.3) is 0 Å². The Hall–Kier alpha value is -2.91. The Labute approximate surface area is 154 Å². The van der Waals surface area contributed by atoms with E-state index in [0.717, 1.165) is 11.5 Å². The summed E-state index contributed by atoms with van der Waals surface area (Å²) in [7, 11) is -4.12. The molecule has 132 valence electrons. The smallest absolute Gasteiger partial charge is 0.229 e. The van der Waals surface area contributed by atoms with Gasteiger partial charge in [-0.1, -0.05) is 48.5 Å². The molecule has 7 nitrogen and oxygen atoms in total. The summed E-state index contributed by atoms with van der Waals surface area (Å²) in [4.78, 5) is 16.8. The molecule has 0 spiro atoms. The number of carbonyl (C=O) groups is 1. The Morgan fingerprint density at radius 1 is 1.04 bits per heavy atom. The molecule has 1 aromatic heterocycles. The van der Waals surface area contributed by atoms with Gasteiger partial charge < -0.3 is 0 Å². The number of sulfone groups is 1. The first-order valence-electron chi connectivity index (χ1n) is 7.52. The molecule has 2 aromatic carbocycles. The lowest BCUT2D eigenvalue weighted by molar-refractivity contribution is 0.106. The van der Waals surface area contributed by atoms with Crippen molar-refractivity contribution in [3.8, 4) is 0 Å². The van der Waals surface area contributed by atoms with Gasteiger partial charge in [-0.15, -0.1) is 0 Å². The molecule has 0 atom stereocenters. The van der Waals surface area contributed by atoms with E-state index in [0.29, 0.717) is 11.0 Å². The van der Waals surface area contributed by atoms with E-state index in [4.69, 9.17) is 0 Å². The molecule has 0 aliphatic carbocycles. The molecule has 0 unspecified atom stereocenters. The first kappa shape index (κ1) is 17.9. The number of hydrogen-bond donors (Lipinski definition) is 1. The number of aryl methyl sites for hydroxylation is 1. The van der Waals surface area contributed by atoms with Crippen molar-refractivity contribution in [3.63, 3.8) is 0 Å². The number of benzene rings is 2. The van der Waals surface area contributed by atoms with E-state index in [1.807, 2.05) is 0 Å². The quantitative estimate of drug-likeness (QED) is 0.313. The minimum atomic E-state index is -4.12. The number of aromatic nitrogens is 2. The maximum absolute atomic E-state index is 12.9. The van der Waals surface area contributed by atoms with Gasteiger partial charge in [-0.2, -0.15) is 9.47 Å². The molecular formula is C17H14N4O3S2. The number of Topliss-reactive ketones (excluding diaryl/α,β-unsaturated/α-hetero) is 1. The zero-order chi connectivity index (χ0) is 18.6. The predicted octanol–water partition coefficient (Wildman–Crippen LogP) is 2.93. The first-order valence-corrected chi connectivity index (χ1v) is 9.78. The third-order valence-electron chi connectivity index (χ3n) is 3.32. The normalized spacial score (nSPS) is 12.0. The topological polar surface area (TPSA) is 101 Å². The summed E-state index contributed by atoms with van der Waals surface area (Å²) in [5, 5.41) is 3.56. The van der Waals surface area contributed by atoms with Gasteiger partial charge in [0, 0.05) is 17.1 Å². The summed E-state index contributed by atoms with van der Waals surface area (Å²) < 4.78 is 29.9. The van der Waals surface area contributed by atoms with Crippen molar-refractivity contribution in [2.45, 2.75) is 11.8 Å². The molecule has 0 bridgehead atoms. The highest BCUT2D eigenvalue weighted by atomic mass is 32.2. The Morgan fingerprint density at radius 3 is 2.23 bits per heavy atom. The van der Waals surface area contributed by atoms with Crippen LogP contribution in [0.4, 0.5) is 5.13 Å². The lowest BCUT2D eigenvalue weighted by Crippen LogP contribution is -2.26. The molecule has 26 heavy (non-hydrogen) atoms. The van der Waals surface area contributed by atoms with E-state index in [1.165, 1.54) is 24.3 Å². The van der Waals surface area contributed by atoms with Gasteiger partial charge in [0.05, 0.1) is 4.90 Å². The molecule has 3 rings (SSSR count). The van der Waals surface area contributed by atoms with Gasteiger partial charge >= 0.3 is 0 Å². The SMILES string of the molecule is Cc1nsc(NN=C(C(=O)c2ccccc2)S(=O)(=O)c2ccccc2)n1. The molecule has 0 fully saturated rings. The Bertz CT molecular complexity index is 1050. The van der Waals surface area contributed by atoms with Crippen LogP contribution in [0.3, 0.4) is 0 Å². The van der Waals surface area contributed by atoms with E-state index in [-0.39, 0.29) is 10.5 Å². The number of rotatable bonds is 5. The molecule has 1 heterocycles. The second-order valence-corrected chi connectivity index (χ2v) is 7.80. The van der Waals surface area contributed by atoms with E-state index in [1.54, 1.807) is 43.3 Å². The third kappa shape index (κ3) is 3.84. The van der Waals surface area contributed by atoms with E-state index < -0.39 is 20.7 Å². The van der Waals surface area contributed by atoms with Crippen LogP contribution in [-0.4, -0.2) is 28.6 Å².